The first-order valence-electron chi connectivity index (χ1n) is 10.6. The van der Waals surface area contributed by atoms with Gasteiger partial charge in [0.1, 0.15) is 23.0 Å². The Morgan fingerprint density at radius 3 is 1.44 bits per heavy atom. The van der Waals surface area contributed by atoms with E-state index in [9.17, 15) is 9.59 Å². The number of carbonyl (C=O) groups excluding carboxylic acids is 2. The second-order valence-corrected chi connectivity index (χ2v) is 7.58. The average Bonchev–Trinajstić information content (AvgIpc) is 2.84. The van der Waals surface area contributed by atoms with Gasteiger partial charge in [0.2, 0.25) is 0 Å². The highest BCUT2D eigenvalue weighted by molar-refractivity contribution is 5.98. The van der Waals surface area contributed by atoms with E-state index in [-0.39, 0.29) is 23.9 Å². The van der Waals surface area contributed by atoms with Crippen LogP contribution in [0.2, 0.25) is 0 Å². The Hall–Kier alpha value is -3.42. The third-order valence-corrected chi connectivity index (χ3v) is 5.71. The SMILES string of the molecule is COc1ccc(C(=O)NC2CCCCC2NC(=O)c2ccc(OC)cc2OC)c(OC)c1. The predicted octanol–water partition coefficient (Wildman–Crippen LogP) is 3.19. The Balaban J connectivity index is 1.74. The Labute approximate surface area is 188 Å². The Bertz CT molecular complexity index is 884. The van der Waals surface area contributed by atoms with Gasteiger partial charge in [-0.1, -0.05) is 12.8 Å². The number of amides is 2. The molecule has 8 nitrogen and oxygen atoms in total. The topological polar surface area (TPSA) is 95.1 Å². The highest BCUT2D eigenvalue weighted by Gasteiger charge is 2.30. The van der Waals surface area contributed by atoms with Crippen molar-refractivity contribution in [2.45, 2.75) is 37.8 Å². The second-order valence-electron chi connectivity index (χ2n) is 7.58. The van der Waals surface area contributed by atoms with Crippen LogP contribution in [-0.2, 0) is 0 Å². The van der Waals surface area contributed by atoms with E-state index in [0.717, 1.165) is 25.7 Å². The Morgan fingerprint density at radius 1 is 0.688 bits per heavy atom. The van der Waals surface area contributed by atoms with E-state index in [1.165, 1.54) is 14.2 Å². The number of hydrogen-bond donors (Lipinski definition) is 2. The highest BCUT2D eigenvalue weighted by atomic mass is 16.5. The first-order valence-corrected chi connectivity index (χ1v) is 10.6. The van der Waals surface area contributed by atoms with Crippen molar-refractivity contribution in [3.8, 4) is 23.0 Å². The van der Waals surface area contributed by atoms with Crippen LogP contribution in [0.5, 0.6) is 23.0 Å². The third kappa shape index (κ3) is 5.25. The molecule has 2 amide bonds. The molecular weight excluding hydrogens is 412 g/mol. The molecule has 172 valence electrons. The third-order valence-electron chi connectivity index (χ3n) is 5.71. The van der Waals surface area contributed by atoms with Crippen molar-refractivity contribution in [2.75, 3.05) is 28.4 Å². The summed E-state index contributed by atoms with van der Waals surface area (Å²) in [4.78, 5) is 26.0. The number of benzene rings is 2. The van der Waals surface area contributed by atoms with Gasteiger partial charge in [-0.15, -0.1) is 0 Å². The highest BCUT2D eigenvalue weighted by Crippen LogP contribution is 2.27. The van der Waals surface area contributed by atoms with Gasteiger partial charge in [0.05, 0.1) is 39.6 Å². The molecule has 1 aliphatic rings. The second kappa shape index (κ2) is 10.7. The minimum absolute atomic E-state index is 0.198. The molecule has 32 heavy (non-hydrogen) atoms. The van der Waals surface area contributed by atoms with Crippen LogP contribution < -0.4 is 29.6 Å². The zero-order valence-corrected chi connectivity index (χ0v) is 18.9. The first kappa shape index (κ1) is 23.2. The predicted molar refractivity (Wildman–Crippen MR) is 120 cm³/mol. The van der Waals surface area contributed by atoms with E-state index in [1.807, 2.05) is 0 Å². The summed E-state index contributed by atoms with van der Waals surface area (Å²) in [7, 11) is 6.14. The summed E-state index contributed by atoms with van der Waals surface area (Å²) >= 11 is 0. The van der Waals surface area contributed by atoms with Gasteiger partial charge in [-0.2, -0.15) is 0 Å². The molecule has 0 spiro atoms. The molecule has 2 unspecified atom stereocenters. The van der Waals surface area contributed by atoms with Gasteiger partial charge in [-0.3, -0.25) is 9.59 Å². The lowest BCUT2D eigenvalue weighted by atomic mass is 9.89. The number of methoxy groups -OCH3 is 4. The van der Waals surface area contributed by atoms with Crippen LogP contribution in [0.1, 0.15) is 46.4 Å². The van der Waals surface area contributed by atoms with E-state index in [4.69, 9.17) is 18.9 Å². The van der Waals surface area contributed by atoms with Gasteiger partial charge in [-0.25, -0.2) is 0 Å². The van der Waals surface area contributed by atoms with Crippen LogP contribution in [-0.4, -0.2) is 52.3 Å². The summed E-state index contributed by atoms with van der Waals surface area (Å²) in [6.45, 7) is 0. The fraction of sp³-hybridized carbons (Fsp3) is 0.417. The summed E-state index contributed by atoms with van der Waals surface area (Å²) in [5, 5.41) is 6.15. The van der Waals surface area contributed by atoms with Crippen LogP contribution in [0.25, 0.3) is 0 Å². The number of hydrogen-bond acceptors (Lipinski definition) is 6. The zero-order chi connectivity index (χ0) is 23.1. The van der Waals surface area contributed by atoms with Crippen molar-refractivity contribution in [1.82, 2.24) is 10.6 Å². The monoisotopic (exact) mass is 442 g/mol. The molecule has 0 saturated heterocycles. The van der Waals surface area contributed by atoms with Crippen LogP contribution in [0.15, 0.2) is 36.4 Å². The Morgan fingerprint density at radius 2 is 1.09 bits per heavy atom. The van der Waals surface area contributed by atoms with Crippen LogP contribution in [0.4, 0.5) is 0 Å². The smallest absolute Gasteiger partial charge is 0.255 e. The summed E-state index contributed by atoms with van der Waals surface area (Å²) < 4.78 is 21.1. The van der Waals surface area contributed by atoms with Crippen LogP contribution in [0.3, 0.4) is 0 Å². The quantitative estimate of drug-likeness (QED) is 0.652. The van der Waals surface area contributed by atoms with Crippen molar-refractivity contribution in [3.63, 3.8) is 0 Å². The maximum absolute atomic E-state index is 13.0. The molecule has 0 aromatic heterocycles. The molecule has 0 radical (unpaired) electrons. The molecular formula is C24H30N2O6. The normalized spacial score (nSPS) is 17.8. The standard InChI is InChI=1S/C24H30N2O6/c1-29-15-9-11-17(21(13-15)31-3)23(27)25-19-7-5-6-8-20(19)26-24(28)18-12-10-16(30-2)14-22(18)32-4/h9-14,19-20H,5-8H2,1-4H3,(H,25,27)(H,26,28). The van der Waals surface area contributed by atoms with E-state index in [0.29, 0.717) is 34.1 Å². The van der Waals surface area contributed by atoms with Crippen molar-refractivity contribution < 1.29 is 28.5 Å². The van der Waals surface area contributed by atoms with Crippen LogP contribution in [0, 0.1) is 0 Å². The minimum Gasteiger partial charge on any atom is -0.497 e. The van der Waals surface area contributed by atoms with Gasteiger partial charge in [0.15, 0.2) is 0 Å². The number of ether oxygens (including phenoxy) is 4. The molecule has 1 saturated carbocycles. The molecule has 2 N–H and O–H groups in total. The molecule has 0 heterocycles. The summed E-state index contributed by atoms with van der Waals surface area (Å²) in [6, 6.07) is 9.72. The summed E-state index contributed by atoms with van der Waals surface area (Å²) in [6.07, 6.45) is 3.50. The maximum atomic E-state index is 13.0. The molecule has 2 atom stereocenters. The summed E-state index contributed by atoms with van der Waals surface area (Å²) in [5.41, 5.74) is 0.835. The lowest BCUT2D eigenvalue weighted by Gasteiger charge is -2.33. The number of rotatable bonds is 8. The van der Waals surface area contributed by atoms with Gasteiger partial charge in [-0.05, 0) is 37.1 Å². The van der Waals surface area contributed by atoms with E-state index in [1.54, 1.807) is 50.6 Å². The maximum Gasteiger partial charge on any atom is 0.255 e. The Kier molecular flexibility index (Phi) is 7.81. The lowest BCUT2D eigenvalue weighted by Crippen LogP contribution is -2.53. The molecule has 3 rings (SSSR count). The zero-order valence-electron chi connectivity index (χ0n) is 18.9. The molecule has 8 heteroatoms. The lowest BCUT2D eigenvalue weighted by molar-refractivity contribution is 0.0859. The van der Waals surface area contributed by atoms with Gasteiger partial charge in [0.25, 0.3) is 11.8 Å². The van der Waals surface area contributed by atoms with E-state index >= 15 is 0 Å². The number of carbonyl (C=O) groups is 2. The van der Waals surface area contributed by atoms with Crippen molar-refractivity contribution in [2.24, 2.45) is 0 Å². The molecule has 0 bridgehead atoms. The minimum atomic E-state index is -0.252. The molecule has 1 aliphatic carbocycles. The van der Waals surface area contributed by atoms with Gasteiger partial charge >= 0.3 is 0 Å². The average molecular weight is 443 g/mol. The fourth-order valence-electron chi connectivity index (χ4n) is 3.94. The fourth-order valence-corrected chi connectivity index (χ4v) is 3.94. The van der Waals surface area contributed by atoms with Crippen LogP contribution >= 0.6 is 0 Å². The summed E-state index contributed by atoms with van der Waals surface area (Å²) in [5.74, 6) is 1.57. The van der Waals surface area contributed by atoms with Crippen molar-refractivity contribution >= 4 is 11.8 Å². The first-order chi connectivity index (χ1) is 15.5. The molecule has 2 aromatic carbocycles. The molecule has 2 aromatic rings. The van der Waals surface area contributed by atoms with Gasteiger partial charge < -0.3 is 29.6 Å². The van der Waals surface area contributed by atoms with Gasteiger partial charge in [0, 0.05) is 24.2 Å². The van der Waals surface area contributed by atoms with E-state index in [2.05, 4.69) is 10.6 Å². The molecule has 0 aliphatic heterocycles. The largest absolute Gasteiger partial charge is 0.497 e. The van der Waals surface area contributed by atoms with Crippen molar-refractivity contribution in [3.05, 3.63) is 47.5 Å². The van der Waals surface area contributed by atoms with Crippen molar-refractivity contribution in [1.29, 1.82) is 0 Å². The number of nitrogens with one attached hydrogen (secondary N) is 2. The van der Waals surface area contributed by atoms with E-state index < -0.39 is 0 Å². The molecule has 1 fully saturated rings.